The number of anilines is 1. The number of nitrogens with one attached hydrogen (secondary N) is 2. The predicted molar refractivity (Wildman–Crippen MR) is 104 cm³/mol. The maximum absolute atomic E-state index is 13.9. The van der Waals surface area contributed by atoms with E-state index >= 15 is 0 Å². The van der Waals surface area contributed by atoms with Crippen molar-refractivity contribution in [1.29, 1.82) is 0 Å². The Kier molecular flexibility index (Phi) is 6.57. The Morgan fingerprint density at radius 2 is 2.19 bits per heavy atom. The molecule has 1 atom stereocenters. The Labute approximate surface area is 158 Å². The summed E-state index contributed by atoms with van der Waals surface area (Å²) in [6.45, 7) is 4.73. The van der Waals surface area contributed by atoms with Gasteiger partial charge in [0.1, 0.15) is 5.82 Å². The third kappa shape index (κ3) is 5.39. The van der Waals surface area contributed by atoms with Crippen molar-refractivity contribution in [2.75, 3.05) is 31.1 Å². The first-order valence-electron chi connectivity index (χ1n) is 9.30. The summed E-state index contributed by atoms with van der Waals surface area (Å²) in [6.07, 6.45) is 3.16. The molecule has 1 fully saturated rings. The molecular formula is C20H25F2N5. The van der Waals surface area contributed by atoms with Crippen LogP contribution in [-0.2, 0) is 6.42 Å². The molecule has 1 saturated heterocycles. The zero-order valence-electron chi connectivity index (χ0n) is 15.5. The Hall–Kier alpha value is -2.70. The van der Waals surface area contributed by atoms with Gasteiger partial charge in [-0.15, -0.1) is 0 Å². The van der Waals surface area contributed by atoms with E-state index in [1.54, 1.807) is 18.3 Å². The third-order valence-electron chi connectivity index (χ3n) is 4.47. The molecule has 1 aromatic heterocycles. The van der Waals surface area contributed by atoms with Crippen LogP contribution < -0.4 is 15.5 Å². The Bertz CT molecular complexity index is 780. The number of hydrogen-bond acceptors (Lipinski definition) is 3. The predicted octanol–water partition coefficient (Wildman–Crippen LogP) is 2.74. The standard InChI is InChI=1S/C20H25F2N5/c1-2-23-20(25-11-8-15-5-3-6-16(21)13-15)26-17-9-12-27(14-17)19-18(22)7-4-10-24-19/h3-7,10,13,17H,2,8-9,11-12,14H2,1H3,(H2,23,25,26). The van der Waals surface area contributed by atoms with Crippen LogP contribution >= 0.6 is 0 Å². The second-order valence-electron chi connectivity index (χ2n) is 6.53. The zero-order chi connectivity index (χ0) is 19.1. The Morgan fingerprint density at radius 1 is 1.30 bits per heavy atom. The van der Waals surface area contributed by atoms with Gasteiger partial charge in [-0.1, -0.05) is 12.1 Å². The Balaban J connectivity index is 1.55. The fourth-order valence-electron chi connectivity index (χ4n) is 3.18. The summed E-state index contributed by atoms with van der Waals surface area (Å²) in [4.78, 5) is 10.7. The first kappa shape index (κ1) is 19.1. The van der Waals surface area contributed by atoms with Crippen molar-refractivity contribution in [1.82, 2.24) is 15.6 Å². The number of rotatable bonds is 6. The van der Waals surface area contributed by atoms with Crippen molar-refractivity contribution in [3.63, 3.8) is 0 Å². The lowest BCUT2D eigenvalue weighted by Gasteiger charge is -2.20. The molecule has 1 aromatic carbocycles. The number of aromatic nitrogens is 1. The highest BCUT2D eigenvalue weighted by Crippen LogP contribution is 2.20. The van der Waals surface area contributed by atoms with Gasteiger partial charge < -0.3 is 15.5 Å². The van der Waals surface area contributed by atoms with Crippen molar-refractivity contribution >= 4 is 11.8 Å². The van der Waals surface area contributed by atoms with Gasteiger partial charge in [0.15, 0.2) is 17.6 Å². The van der Waals surface area contributed by atoms with Crippen LogP contribution in [0.15, 0.2) is 47.6 Å². The van der Waals surface area contributed by atoms with Crippen molar-refractivity contribution in [3.8, 4) is 0 Å². The first-order valence-corrected chi connectivity index (χ1v) is 9.30. The minimum absolute atomic E-state index is 0.165. The quantitative estimate of drug-likeness (QED) is 0.604. The van der Waals surface area contributed by atoms with Crippen molar-refractivity contribution in [2.24, 2.45) is 4.99 Å². The maximum Gasteiger partial charge on any atom is 0.191 e. The summed E-state index contributed by atoms with van der Waals surface area (Å²) >= 11 is 0. The number of pyridine rings is 1. The number of nitrogens with zero attached hydrogens (tertiary/aromatic N) is 3. The van der Waals surface area contributed by atoms with Gasteiger partial charge in [0, 0.05) is 38.4 Å². The number of guanidine groups is 1. The molecule has 0 radical (unpaired) electrons. The highest BCUT2D eigenvalue weighted by molar-refractivity contribution is 5.80. The molecule has 3 rings (SSSR count). The summed E-state index contributed by atoms with van der Waals surface area (Å²) < 4.78 is 27.2. The zero-order valence-corrected chi connectivity index (χ0v) is 15.5. The number of halogens is 2. The molecule has 27 heavy (non-hydrogen) atoms. The molecular weight excluding hydrogens is 348 g/mol. The minimum Gasteiger partial charge on any atom is -0.357 e. The molecule has 0 saturated carbocycles. The summed E-state index contributed by atoms with van der Waals surface area (Å²) in [5.74, 6) is 0.597. The van der Waals surface area contributed by atoms with Crippen LogP contribution in [0.3, 0.4) is 0 Å². The van der Waals surface area contributed by atoms with E-state index in [1.807, 2.05) is 17.9 Å². The van der Waals surface area contributed by atoms with Crippen molar-refractivity contribution in [3.05, 3.63) is 59.8 Å². The van der Waals surface area contributed by atoms with Crippen LogP contribution in [-0.4, -0.2) is 43.2 Å². The highest BCUT2D eigenvalue weighted by atomic mass is 19.1. The minimum atomic E-state index is -0.297. The number of benzene rings is 1. The summed E-state index contributed by atoms with van der Waals surface area (Å²) in [5.41, 5.74) is 0.923. The van der Waals surface area contributed by atoms with Gasteiger partial charge in [0.05, 0.1) is 0 Å². The first-order chi connectivity index (χ1) is 13.2. The third-order valence-corrected chi connectivity index (χ3v) is 4.47. The van der Waals surface area contributed by atoms with Crippen molar-refractivity contribution in [2.45, 2.75) is 25.8 Å². The smallest absolute Gasteiger partial charge is 0.191 e. The van der Waals surface area contributed by atoms with Gasteiger partial charge in [-0.2, -0.15) is 0 Å². The fraction of sp³-hybridized carbons (Fsp3) is 0.400. The molecule has 7 heteroatoms. The summed E-state index contributed by atoms with van der Waals surface area (Å²) in [7, 11) is 0. The van der Waals surface area contributed by atoms with Crippen molar-refractivity contribution < 1.29 is 8.78 Å². The van der Waals surface area contributed by atoms with Crippen LogP contribution in [0.1, 0.15) is 18.9 Å². The van der Waals surface area contributed by atoms with Gasteiger partial charge in [-0.3, -0.25) is 4.99 Å². The van der Waals surface area contributed by atoms with Crippen LogP contribution in [0, 0.1) is 11.6 Å². The molecule has 1 unspecified atom stereocenters. The molecule has 1 aliphatic heterocycles. The van der Waals surface area contributed by atoms with Crippen LogP contribution in [0.5, 0.6) is 0 Å². The van der Waals surface area contributed by atoms with Gasteiger partial charge in [-0.05, 0) is 49.6 Å². The Morgan fingerprint density at radius 3 is 2.96 bits per heavy atom. The molecule has 0 spiro atoms. The number of hydrogen-bond donors (Lipinski definition) is 2. The number of aliphatic imine (C=N–C) groups is 1. The van der Waals surface area contributed by atoms with E-state index < -0.39 is 0 Å². The van der Waals surface area contributed by atoms with E-state index in [9.17, 15) is 8.78 Å². The molecule has 1 aliphatic rings. The van der Waals surface area contributed by atoms with Gasteiger partial charge in [-0.25, -0.2) is 13.8 Å². The fourth-order valence-corrected chi connectivity index (χ4v) is 3.18. The molecule has 2 heterocycles. The lowest BCUT2D eigenvalue weighted by atomic mass is 10.1. The second-order valence-corrected chi connectivity index (χ2v) is 6.53. The average molecular weight is 373 g/mol. The monoisotopic (exact) mass is 373 g/mol. The molecule has 2 N–H and O–H groups in total. The lowest BCUT2D eigenvalue weighted by Crippen LogP contribution is -2.44. The highest BCUT2D eigenvalue weighted by Gasteiger charge is 2.25. The normalized spacial score (nSPS) is 17.2. The van der Waals surface area contributed by atoms with Gasteiger partial charge >= 0.3 is 0 Å². The summed E-state index contributed by atoms with van der Waals surface area (Å²) in [5, 5.41) is 6.64. The second kappa shape index (κ2) is 9.30. The van der Waals surface area contributed by atoms with E-state index in [0.717, 1.165) is 31.0 Å². The SMILES string of the molecule is CCNC(=NCCc1cccc(F)c1)NC1CCN(c2ncccc2F)C1. The van der Waals surface area contributed by atoms with Crippen LogP contribution in [0.4, 0.5) is 14.6 Å². The van der Waals surface area contributed by atoms with Crippen LogP contribution in [0.2, 0.25) is 0 Å². The van der Waals surface area contributed by atoms with E-state index in [4.69, 9.17) is 0 Å². The topological polar surface area (TPSA) is 52.6 Å². The largest absolute Gasteiger partial charge is 0.357 e. The van der Waals surface area contributed by atoms with E-state index in [2.05, 4.69) is 20.6 Å². The summed E-state index contributed by atoms with van der Waals surface area (Å²) in [6, 6.07) is 9.77. The molecule has 144 valence electrons. The molecule has 5 nitrogen and oxygen atoms in total. The maximum atomic E-state index is 13.9. The molecule has 0 bridgehead atoms. The van der Waals surface area contributed by atoms with E-state index in [0.29, 0.717) is 25.3 Å². The lowest BCUT2D eigenvalue weighted by molar-refractivity contribution is 0.612. The molecule has 0 aliphatic carbocycles. The van der Waals surface area contributed by atoms with Gasteiger partial charge in [0.2, 0.25) is 0 Å². The molecule has 0 amide bonds. The molecule has 2 aromatic rings. The average Bonchev–Trinajstić information content (AvgIpc) is 3.10. The van der Waals surface area contributed by atoms with E-state index in [-0.39, 0.29) is 17.7 Å². The van der Waals surface area contributed by atoms with Crippen LogP contribution in [0.25, 0.3) is 0 Å². The van der Waals surface area contributed by atoms with E-state index in [1.165, 1.54) is 18.2 Å². The van der Waals surface area contributed by atoms with Gasteiger partial charge in [0.25, 0.3) is 0 Å².